The van der Waals surface area contributed by atoms with E-state index in [0.29, 0.717) is 6.61 Å². The normalized spacial score (nSPS) is 14.9. The topological polar surface area (TPSA) is 76.0 Å². The Balaban J connectivity index is 0.994. The maximum Gasteiger partial charge on any atom is 0.409 e. The Morgan fingerprint density at radius 3 is 2.29 bits per heavy atom. The van der Waals surface area contributed by atoms with Gasteiger partial charge in [-0.05, 0) is 93.2 Å². The number of ether oxygens (including phenoxy) is 2. The number of pyridine rings is 1. The van der Waals surface area contributed by atoms with Crippen LogP contribution in [0.4, 0.5) is 10.5 Å². The summed E-state index contributed by atoms with van der Waals surface area (Å²) >= 11 is 1.81. The molecule has 0 bridgehead atoms. The van der Waals surface area contributed by atoms with Crippen LogP contribution < -0.4 is 20.5 Å². The van der Waals surface area contributed by atoms with Gasteiger partial charge in [0.25, 0.3) is 5.56 Å². The molecule has 1 aliphatic heterocycles. The molecule has 284 valence electrons. The Hall–Kier alpha value is -3.56. The van der Waals surface area contributed by atoms with Gasteiger partial charge in [-0.2, -0.15) is 0 Å². The van der Waals surface area contributed by atoms with Crippen molar-refractivity contribution in [2.45, 2.75) is 123 Å². The number of fused-ring (bicyclic) bond motifs is 2. The minimum atomic E-state index is -0.577. The number of rotatable bonds is 22. The van der Waals surface area contributed by atoms with E-state index < -0.39 is 12.3 Å². The molecule has 4 aromatic rings. The summed E-state index contributed by atoms with van der Waals surface area (Å²) < 4.78 is 14.8. The summed E-state index contributed by atoms with van der Waals surface area (Å²) in [4.78, 5) is 30.9. The summed E-state index contributed by atoms with van der Waals surface area (Å²) in [6, 6.07) is 18.1. The average Bonchev–Trinajstić information content (AvgIpc) is 3.63. The average molecular weight is 731 g/mol. The maximum atomic E-state index is 13.0. The Morgan fingerprint density at radius 2 is 1.54 bits per heavy atom. The third-order valence-electron chi connectivity index (χ3n) is 10.5. The van der Waals surface area contributed by atoms with E-state index >= 15 is 0 Å². The summed E-state index contributed by atoms with van der Waals surface area (Å²) in [5, 5.41) is 7.35. The molecule has 0 radical (unpaired) electrons. The van der Waals surface area contributed by atoms with Gasteiger partial charge < -0.3 is 19.7 Å². The molecule has 3 heterocycles. The molecule has 2 aromatic carbocycles. The molecular formula is C43H62N4O4S. The number of anilines is 1. The lowest BCUT2D eigenvalue weighted by Crippen LogP contribution is -2.46. The van der Waals surface area contributed by atoms with Crippen molar-refractivity contribution >= 4 is 44.1 Å². The van der Waals surface area contributed by atoms with Gasteiger partial charge in [0, 0.05) is 54.1 Å². The Labute approximate surface area is 315 Å². The first-order valence-electron chi connectivity index (χ1n) is 20.1. The van der Waals surface area contributed by atoms with E-state index in [2.05, 4.69) is 51.7 Å². The van der Waals surface area contributed by atoms with E-state index in [0.717, 1.165) is 75.1 Å². The molecule has 0 saturated carbocycles. The van der Waals surface area contributed by atoms with Crippen LogP contribution in [-0.2, 0) is 4.74 Å². The number of carbonyl (C=O) groups is 1. The van der Waals surface area contributed by atoms with Crippen LogP contribution in [0.3, 0.4) is 0 Å². The van der Waals surface area contributed by atoms with Crippen LogP contribution in [0.25, 0.3) is 21.0 Å². The monoisotopic (exact) mass is 730 g/mol. The molecule has 2 unspecified atom stereocenters. The molecule has 1 fully saturated rings. The highest BCUT2D eigenvalue weighted by Crippen LogP contribution is 2.31. The van der Waals surface area contributed by atoms with E-state index in [9.17, 15) is 9.59 Å². The Kier molecular flexibility index (Phi) is 16.2. The number of hydrogen-bond acceptors (Lipinski definition) is 7. The fourth-order valence-electron chi connectivity index (χ4n) is 7.42. The van der Waals surface area contributed by atoms with Crippen LogP contribution in [-0.4, -0.2) is 61.0 Å². The number of aromatic nitrogens is 1. The molecule has 8 nitrogen and oxygen atoms in total. The van der Waals surface area contributed by atoms with Crippen molar-refractivity contribution in [3.8, 4) is 5.75 Å². The zero-order valence-electron chi connectivity index (χ0n) is 32.0. The quantitative estimate of drug-likeness (QED) is 0.0812. The summed E-state index contributed by atoms with van der Waals surface area (Å²) in [5.74, 6) is 0.721. The lowest BCUT2D eigenvalue weighted by Gasteiger charge is -2.36. The summed E-state index contributed by atoms with van der Waals surface area (Å²) in [6.07, 6.45) is 15.8. The van der Waals surface area contributed by atoms with Gasteiger partial charge >= 0.3 is 6.09 Å². The van der Waals surface area contributed by atoms with E-state index in [1.165, 1.54) is 80.0 Å². The zero-order chi connectivity index (χ0) is 36.5. The number of thiophene rings is 1. The molecule has 0 spiro atoms. The number of unbranched alkanes of at least 4 members (excludes halogenated alkanes) is 11. The first-order valence-corrected chi connectivity index (χ1v) is 21.0. The van der Waals surface area contributed by atoms with Gasteiger partial charge in [0.15, 0.2) is 0 Å². The largest absolute Gasteiger partial charge is 0.494 e. The predicted molar refractivity (Wildman–Crippen MR) is 218 cm³/mol. The number of hydrogen-bond donors (Lipinski definition) is 1. The highest BCUT2D eigenvalue weighted by Gasteiger charge is 2.19. The highest BCUT2D eigenvalue weighted by molar-refractivity contribution is 7.17. The van der Waals surface area contributed by atoms with Gasteiger partial charge in [-0.25, -0.2) is 4.79 Å². The van der Waals surface area contributed by atoms with E-state index in [4.69, 9.17) is 9.47 Å². The van der Waals surface area contributed by atoms with Crippen LogP contribution in [0.1, 0.15) is 117 Å². The molecule has 9 heteroatoms. The molecular weight excluding hydrogens is 669 g/mol. The first-order chi connectivity index (χ1) is 25.4. The fraction of sp³-hybridized carbons (Fsp3) is 0.581. The molecule has 2 atom stereocenters. The Bertz CT molecular complexity index is 1710. The molecule has 1 aliphatic rings. The third-order valence-corrected chi connectivity index (χ3v) is 11.3. The summed E-state index contributed by atoms with van der Waals surface area (Å²) in [5.41, 5.74) is 1.90. The van der Waals surface area contributed by atoms with Gasteiger partial charge in [0.05, 0.1) is 12.1 Å². The number of piperazine rings is 1. The zero-order valence-corrected chi connectivity index (χ0v) is 32.8. The first kappa shape index (κ1) is 39.6. The van der Waals surface area contributed by atoms with E-state index in [1.807, 2.05) is 49.4 Å². The number of carbonyl (C=O) groups excluding carboxylic acids is 1. The van der Waals surface area contributed by atoms with E-state index in [1.54, 1.807) is 10.6 Å². The number of benzene rings is 2. The molecule has 0 aliphatic carbocycles. The van der Waals surface area contributed by atoms with Crippen molar-refractivity contribution in [2.24, 2.45) is 0 Å². The van der Waals surface area contributed by atoms with Crippen LogP contribution in [0, 0.1) is 0 Å². The third kappa shape index (κ3) is 12.0. The van der Waals surface area contributed by atoms with Crippen molar-refractivity contribution in [1.29, 1.82) is 0 Å². The van der Waals surface area contributed by atoms with Gasteiger partial charge in [-0.1, -0.05) is 77.2 Å². The van der Waals surface area contributed by atoms with Crippen molar-refractivity contribution in [1.82, 2.24) is 14.8 Å². The molecule has 1 N–H and O–H groups in total. The minimum Gasteiger partial charge on any atom is -0.494 e. The number of alkyl carbamates (subject to hydrolysis) is 1. The summed E-state index contributed by atoms with van der Waals surface area (Å²) in [7, 11) is 0. The van der Waals surface area contributed by atoms with Crippen molar-refractivity contribution in [3.63, 3.8) is 0 Å². The smallest absolute Gasteiger partial charge is 0.409 e. The fourth-order valence-corrected chi connectivity index (χ4v) is 8.23. The lowest BCUT2D eigenvalue weighted by molar-refractivity contribution is 0.0953. The molecule has 52 heavy (non-hydrogen) atoms. The molecule has 5 rings (SSSR count). The second-order valence-electron chi connectivity index (χ2n) is 14.6. The van der Waals surface area contributed by atoms with Gasteiger partial charge in [0.2, 0.25) is 0 Å². The maximum absolute atomic E-state index is 13.0. The predicted octanol–water partition coefficient (Wildman–Crippen LogP) is 10.5. The van der Waals surface area contributed by atoms with Crippen LogP contribution in [0.2, 0.25) is 0 Å². The van der Waals surface area contributed by atoms with Gasteiger partial charge in [0.1, 0.15) is 18.0 Å². The minimum absolute atomic E-state index is 0.175. The number of nitrogens with one attached hydrogen (secondary N) is 1. The lowest BCUT2D eigenvalue weighted by atomic mass is 10.0. The van der Waals surface area contributed by atoms with Gasteiger partial charge in [-0.3, -0.25) is 14.3 Å². The molecule has 2 aromatic heterocycles. The van der Waals surface area contributed by atoms with Crippen molar-refractivity contribution < 1.29 is 14.3 Å². The molecule has 1 saturated heterocycles. The van der Waals surface area contributed by atoms with Crippen molar-refractivity contribution in [3.05, 3.63) is 70.3 Å². The number of nitrogens with zero attached hydrogens (tertiary/aromatic N) is 3. The van der Waals surface area contributed by atoms with Crippen LogP contribution in [0.5, 0.6) is 5.75 Å². The van der Waals surface area contributed by atoms with Crippen LogP contribution >= 0.6 is 11.3 Å². The number of amides is 1. The Morgan fingerprint density at radius 1 is 0.827 bits per heavy atom. The van der Waals surface area contributed by atoms with E-state index in [-0.39, 0.29) is 11.7 Å². The molecule has 1 amide bonds. The second-order valence-corrected chi connectivity index (χ2v) is 15.6. The van der Waals surface area contributed by atoms with Crippen LogP contribution in [0.15, 0.2) is 64.8 Å². The summed E-state index contributed by atoms with van der Waals surface area (Å²) in [6.45, 7) is 11.9. The standard InChI is InChI=1S/C43H62N4O4S/c1-4-5-6-7-8-9-10-11-12-13-14-18-34(2)51-43(49)44-35(3)47-40-33-37(23-21-36(40)22-24-42(47)48)50-31-16-15-26-45-27-29-46(30-28-45)39-19-17-20-41-38(39)25-32-52-41/h17,19-25,32-35H,4-16,18,26-31H2,1-3H3,(H,44,49). The highest BCUT2D eigenvalue weighted by atomic mass is 32.1. The SMILES string of the molecule is CCCCCCCCCCCCCC(C)OC(=O)NC(C)n1c(=O)ccc2ccc(OCCCCN3CCN(c4cccc5sccc45)CC3)cc21. The van der Waals surface area contributed by atoms with Crippen molar-refractivity contribution in [2.75, 3.05) is 44.2 Å². The van der Waals surface area contributed by atoms with Gasteiger partial charge in [-0.15, -0.1) is 11.3 Å². The second kappa shape index (κ2) is 21.2.